The van der Waals surface area contributed by atoms with E-state index < -0.39 is 23.9 Å². The first kappa shape index (κ1) is 16.7. The number of aliphatic carboxylic acids is 1. The van der Waals surface area contributed by atoms with Crippen LogP contribution in [-0.4, -0.2) is 70.9 Å². The topological polar surface area (TPSA) is 133 Å². The standard InChI is InChI=1S/C12H20N4O5/c1-8(17)15-4-6-16(7-5-15)12(21)14-9(11(19)20)2-3-10(13)18/h9H,2-7H2,1H3,(H2,13,18)(H,14,21)(H,19,20). The maximum Gasteiger partial charge on any atom is 0.326 e. The number of nitrogens with one attached hydrogen (secondary N) is 1. The first-order valence-corrected chi connectivity index (χ1v) is 6.63. The van der Waals surface area contributed by atoms with Gasteiger partial charge in [-0.2, -0.15) is 0 Å². The number of carbonyl (C=O) groups excluding carboxylic acids is 3. The molecule has 1 fully saturated rings. The van der Waals surface area contributed by atoms with Gasteiger partial charge in [-0.1, -0.05) is 0 Å². The second kappa shape index (κ2) is 7.46. The van der Waals surface area contributed by atoms with Gasteiger partial charge in [-0.15, -0.1) is 0 Å². The summed E-state index contributed by atoms with van der Waals surface area (Å²) in [4.78, 5) is 47.9. The van der Waals surface area contributed by atoms with Crippen molar-refractivity contribution in [1.82, 2.24) is 15.1 Å². The van der Waals surface area contributed by atoms with Crippen LogP contribution in [0.15, 0.2) is 0 Å². The van der Waals surface area contributed by atoms with E-state index in [-0.39, 0.29) is 18.7 Å². The lowest BCUT2D eigenvalue weighted by Crippen LogP contribution is -2.55. The molecule has 21 heavy (non-hydrogen) atoms. The van der Waals surface area contributed by atoms with Gasteiger partial charge >= 0.3 is 12.0 Å². The molecular formula is C12H20N4O5. The SMILES string of the molecule is CC(=O)N1CCN(C(=O)NC(CCC(N)=O)C(=O)O)CC1. The molecule has 1 aliphatic heterocycles. The van der Waals surface area contributed by atoms with Crippen molar-refractivity contribution in [3.63, 3.8) is 0 Å². The predicted octanol–water partition coefficient (Wildman–Crippen LogP) is -1.42. The number of urea groups is 1. The van der Waals surface area contributed by atoms with Crippen LogP contribution in [0, 0.1) is 0 Å². The summed E-state index contributed by atoms with van der Waals surface area (Å²) in [5.74, 6) is -1.89. The smallest absolute Gasteiger partial charge is 0.326 e. The van der Waals surface area contributed by atoms with Gasteiger partial charge in [-0.05, 0) is 6.42 Å². The molecule has 1 unspecified atom stereocenters. The molecule has 4 N–H and O–H groups in total. The minimum Gasteiger partial charge on any atom is -0.480 e. The van der Waals surface area contributed by atoms with E-state index in [1.165, 1.54) is 11.8 Å². The van der Waals surface area contributed by atoms with Gasteiger partial charge in [0.25, 0.3) is 0 Å². The highest BCUT2D eigenvalue weighted by Crippen LogP contribution is 2.04. The summed E-state index contributed by atoms with van der Waals surface area (Å²) >= 11 is 0. The molecule has 0 radical (unpaired) electrons. The van der Waals surface area contributed by atoms with Crippen LogP contribution in [0.25, 0.3) is 0 Å². The fourth-order valence-electron chi connectivity index (χ4n) is 2.01. The van der Waals surface area contributed by atoms with Crippen molar-refractivity contribution in [3.8, 4) is 0 Å². The average Bonchev–Trinajstić information content (AvgIpc) is 2.42. The Morgan fingerprint density at radius 1 is 1.14 bits per heavy atom. The van der Waals surface area contributed by atoms with Gasteiger partial charge < -0.3 is 26.0 Å². The van der Waals surface area contributed by atoms with Crippen LogP contribution >= 0.6 is 0 Å². The summed E-state index contributed by atoms with van der Waals surface area (Å²) in [5, 5.41) is 11.4. The lowest BCUT2D eigenvalue weighted by atomic mass is 10.1. The van der Waals surface area contributed by atoms with E-state index in [1.807, 2.05) is 0 Å². The normalized spacial score (nSPS) is 16.2. The van der Waals surface area contributed by atoms with Crippen LogP contribution in [0.5, 0.6) is 0 Å². The molecule has 1 atom stereocenters. The van der Waals surface area contributed by atoms with Crippen LogP contribution in [0.1, 0.15) is 19.8 Å². The van der Waals surface area contributed by atoms with Crippen molar-refractivity contribution in [2.45, 2.75) is 25.8 Å². The Labute approximate surface area is 122 Å². The van der Waals surface area contributed by atoms with Gasteiger partial charge in [0.1, 0.15) is 6.04 Å². The van der Waals surface area contributed by atoms with E-state index in [1.54, 1.807) is 4.90 Å². The highest BCUT2D eigenvalue weighted by Gasteiger charge is 2.26. The van der Waals surface area contributed by atoms with Crippen molar-refractivity contribution in [3.05, 3.63) is 0 Å². The van der Waals surface area contributed by atoms with E-state index in [2.05, 4.69) is 5.32 Å². The van der Waals surface area contributed by atoms with Gasteiger partial charge in [-0.3, -0.25) is 9.59 Å². The highest BCUT2D eigenvalue weighted by molar-refractivity contribution is 5.83. The summed E-state index contributed by atoms with van der Waals surface area (Å²) in [6.07, 6.45) is -0.167. The first-order chi connectivity index (χ1) is 9.81. The first-order valence-electron chi connectivity index (χ1n) is 6.63. The van der Waals surface area contributed by atoms with Gasteiger partial charge in [0, 0.05) is 39.5 Å². The van der Waals surface area contributed by atoms with Gasteiger partial charge in [0.15, 0.2) is 0 Å². The van der Waals surface area contributed by atoms with Crippen LogP contribution in [-0.2, 0) is 14.4 Å². The lowest BCUT2D eigenvalue weighted by molar-refractivity contribution is -0.139. The summed E-state index contributed by atoms with van der Waals surface area (Å²) in [6, 6.07) is -1.68. The van der Waals surface area contributed by atoms with Crippen LogP contribution in [0.3, 0.4) is 0 Å². The quantitative estimate of drug-likeness (QED) is 0.573. The second-order valence-electron chi connectivity index (χ2n) is 4.84. The summed E-state index contributed by atoms with van der Waals surface area (Å²) < 4.78 is 0. The van der Waals surface area contributed by atoms with Gasteiger partial charge in [0.05, 0.1) is 0 Å². The molecule has 9 nitrogen and oxygen atoms in total. The number of carbonyl (C=O) groups is 4. The maximum absolute atomic E-state index is 12.0. The zero-order valence-corrected chi connectivity index (χ0v) is 11.9. The molecule has 0 aromatic carbocycles. The van der Waals surface area contributed by atoms with Crippen molar-refractivity contribution >= 4 is 23.8 Å². The molecule has 0 bridgehead atoms. The molecule has 0 saturated carbocycles. The van der Waals surface area contributed by atoms with Crippen molar-refractivity contribution in [2.75, 3.05) is 26.2 Å². The number of primary amides is 1. The fourth-order valence-corrected chi connectivity index (χ4v) is 2.01. The minimum absolute atomic E-state index is 0.0518. The fraction of sp³-hybridized carbons (Fsp3) is 0.667. The van der Waals surface area contributed by atoms with E-state index in [0.717, 1.165) is 0 Å². The van der Waals surface area contributed by atoms with E-state index in [0.29, 0.717) is 26.2 Å². The van der Waals surface area contributed by atoms with E-state index in [4.69, 9.17) is 10.8 Å². The van der Waals surface area contributed by atoms with Crippen LogP contribution in [0.4, 0.5) is 4.79 Å². The Bertz CT molecular complexity index is 431. The number of piperazine rings is 1. The van der Waals surface area contributed by atoms with Gasteiger partial charge in [0.2, 0.25) is 11.8 Å². The van der Waals surface area contributed by atoms with E-state index in [9.17, 15) is 19.2 Å². The predicted molar refractivity (Wildman–Crippen MR) is 72.2 cm³/mol. The summed E-state index contributed by atoms with van der Waals surface area (Å²) in [6.45, 7) is 2.98. The molecule has 1 heterocycles. The van der Waals surface area contributed by atoms with Crippen LogP contribution in [0.2, 0.25) is 0 Å². The number of hydrogen-bond donors (Lipinski definition) is 3. The molecule has 1 rings (SSSR count). The van der Waals surface area contributed by atoms with Crippen molar-refractivity contribution < 1.29 is 24.3 Å². The molecule has 0 aliphatic carbocycles. The van der Waals surface area contributed by atoms with E-state index >= 15 is 0 Å². The number of hydrogen-bond acceptors (Lipinski definition) is 4. The molecule has 0 spiro atoms. The number of amides is 4. The second-order valence-corrected chi connectivity index (χ2v) is 4.84. The monoisotopic (exact) mass is 300 g/mol. The third kappa shape index (κ3) is 5.28. The Kier molecular flexibility index (Phi) is 5.94. The lowest BCUT2D eigenvalue weighted by Gasteiger charge is -2.34. The zero-order valence-electron chi connectivity index (χ0n) is 11.9. The Balaban J connectivity index is 2.49. The number of carboxylic acid groups (broad SMARTS) is 1. The number of nitrogens with two attached hydrogens (primary N) is 1. The Morgan fingerprint density at radius 3 is 2.10 bits per heavy atom. The zero-order chi connectivity index (χ0) is 16.0. The van der Waals surface area contributed by atoms with Crippen LogP contribution < -0.4 is 11.1 Å². The highest BCUT2D eigenvalue weighted by atomic mass is 16.4. The molecule has 118 valence electrons. The molecule has 1 aliphatic rings. The average molecular weight is 300 g/mol. The molecule has 9 heteroatoms. The largest absolute Gasteiger partial charge is 0.480 e. The Hall–Kier alpha value is -2.32. The molecular weight excluding hydrogens is 280 g/mol. The third-order valence-electron chi connectivity index (χ3n) is 3.29. The molecule has 1 saturated heterocycles. The number of carboxylic acids is 1. The molecule has 4 amide bonds. The van der Waals surface area contributed by atoms with Gasteiger partial charge in [-0.25, -0.2) is 9.59 Å². The number of rotatable bonds is 5. The molecule has 0 aromatic rings. The maximum atomic E-state index is 12.0. The molecule has 0 aromatic heterocycles. The summed E-state index contributed by atoms with van der Waals surface area (Å²) in [7, 11) is 0. The third-order valence-corrected chi connectivity index (χ3v) is 3.29. The Morgan fingerprint density at radius 2 is 1.67 bits per heavy atom. The summed E-state index contributed by atoms with van der Waals surface area (Å²) in [5.41, 5.74) is 4.97. The minimum atomic E-state index is -1.22. The number of nitrogens with zero attached hydrogens (tertiary/aromatic N) is 2. The van der Waals surface area contributed by atoms with Crippen molar-refractivity contribution in [2.24, 2.45) is 5.73 Å². The van der Waals surface area contributed by atoms with Crippen molar-refractivity contribution in [1.29, 1.82) is 0 Å².